The van der Waals surface area contributed by atoms with Crippen LogP contribution in [0.25, 0.3) is 0 Å². The summed E-state index contributed by atoms with van der Waals surface area (Å²) in [7, 11) is 0. The zero-order valence-corrected chi connectivity index (χ0v) is 11.2. The zero-order chi connectivity index (χ0) is 12.8. The van der Waals surface area contributed by atoms with Gasteiger partial charge in [-0.25, -0.2) is 0 Å². The molecule has 0 saturated heterocycles. The molecule has 0 fully saturated rings. The molecule has 2 aromatic rings. The molecule has 90 valence electrons. The van der Waals surface area contributed by atoms with Crippen molar-refractivity contribution in [1.29, 1.82) is 5.26 Å². The van der Waals surface area contributed by atoms with E-state index < -0.39 is 0 Å². The second-order valence-electron chi connectivity index (χ2n) is 4.13. The van der Waals surface area contributed by atoms with Gasteiger partial charge in [0.15, 0.2) is 0 Å². The van der Waals surface area contributed by atoms with Crippen molar-refractivity contribution in [2.45, 2.75) is 17.7 Å². The maximum absolute atomic E-state index is 8.83. The molecule has 0 aliphatic heterocycles. The van der Waals surface area contributed by atoms with Gasteiger partial charge in [0.1, 0.15) is 0 Å². The van der Waals surface area contributed by atoms with Crippen molar-refractivity contribution >= 4 is 11.8 Å². The van der Waals surface area contributed by atoms with E-state index in [-0.39, 0.29) is 0 Å². The van der Waals surface area contributed by atoms with E-state index >= 15 is 0 Å². The smallest absolute Gasteiger partial charge is 0.0669 e. The van der Waals surface area contributed by atoms with Gasteiger partial charge in [-0.2, -0.15) is 5.26 Å². The third-order valence-corrected chi connectivity index (χ3v) is 3.69. The predicted octanol–water partition coefficient (Wildman–Crippen LogP) is 4.07. The average Bonchev–Trinajstić information content (AvgIpc) is 2.42. The summed E-state index contributed by atoms with van der Waals surface area (Å²) in [5.41, 5.74) is 3.67. The highest BCUT2D eigenvalue weighted by Crippen LogP contribution is 2.18. The van der Waals surface area contributed by atoms with E-state index in [1.165, 1.54) is 16.0 Å². The SMILES string of the molecule is CSc1ccc(Cc2ccccc2CC#N)cc1. The lowest BCUT2D eigenvalue weighted by atomic mass is 9.98. The van der Waals surface area contributed by atoms with Crippen LogP contribution in [0.2, 0.25) is 0 Å². The minimum Gasteiger partial charge on any atom is -0.198 e. The van der Waals surface area contributed by atoms with Gasteiger partial charge in [-0.1, -0.05) is 36.4 Å². The fourth-order valence-electron chi connectivity index (χ4n) is 1.95. The lowest BCUT2D eigenvalue weighted by Gasteiger charge is -2.07. The molecule has 2 aromatic carbocycles. The van der Waals surface area contributed by atoms with Gasteiger partial charge < -0.3 is 0 Å². The highest BCUT2D eigenvalue weighted by atomic mass is 32.2. The third kappa shape index (κ3) is 3.15. The minimum atomic E-state index is 0.485. The van der Waals surface area contributed by atoms with Crippen molar-refractivity contribution in [2.75, 3.05) is 6.26 Å². The maximum Gasteiger partial charge on any atom is 0.0669 e. The third-order valence-electron chi connectivity index (χ3n) is 2.94. The van der Waals surface area contributed by atoms with Crippen LogP contribution in [-0.2, 0) is 12.8 Å². The number of nitriles is 1. The Morgan fingerprint density at radius 2 is 1.67 bits per heavy atom. The van der Waals surface area contributed by atoms with E-state index in [2.05, 4.69) is 42.7 Å². The summed E-state index contributed by atoms with van der Waals surface area (Å²) < 4.78 is 0. The standard InChI is InChI=1S/C16H15NS/c1-18-16-8-6-13(7-9-16)12-15-5-3-2-4-14(15)10-11-17/h2-9H,10,12H2,1H3. The molecule has 0 aromatic heterocycles. The molecule has 1 nitrogen and oxygen atoms in total. The number of benzene rings is 2. The van der Waals surface area contributed by atoms with Crippen molar-refractivity contribution in [2.24, 2.45) is 0 Å². The molecule has 0 aliphatic rings. The van der Waals surface area contributed by atoms with E-state index in [0.717, 1.165) is 12.0 Å². The molecular weight excluding hydrogens is 238 g/mol. The Hall–Kier alpha value is -1.72. The van der Waals surface area contributed by atoms with Crippen LogP contribution in [0.15, 0.2) is 53.4 Å². The number of rotatable bonds is 4. The quantitative estimate of drug-likeness (QED) is 0.767. The van der Waals surface area contributed by atoms with Crippen LogP contribution in [0.3, 0.4) is 0 Å². The molecule has 0 bridgehead atoms. The molecule has 0 unspecified atom stereocenters. The molecule has 2 heteroatoms. The van der Waals surface area contributed by atoms with E-state index in [0.29, 0.717) is 6.42 Å². The van der Waals surface area contributed by atoms with E-state index in [9.17, 15) is 0 Å². The van der Waals surface area contributed by atoms with Gasteiger partial charge in [-0.15, -0.1) is 11.8 Å². The van der Waals surface area contributed by atoms with Gasteiger partial charge in [-0.05, 0) is 41.5 Å². The minimum absolute atomic E-state index is 0.485. The average molecular weight is 253 g/mol. The van der Waals surface area contributed by atoms with Gasteiger partial charge >= 0.3 is 0 Å². The molecular formula is C16H15NS. The van der Waals surface area contributed by atoms with E-state index in [1.54, 1.807) is 11.8 Å². The van der Waals surface area contributed by atoms with Crippen LogP contribution in [0.1, 0.15) is 16.7 Å². The highest BCUT2D eigenvalue weighted by Gasteiger charge is 2.02. The summed E-state index contributed by atoms with van der Waals surface area (Å²) in [6.07, 6.45) is 3.46. The molecule has 0 amide bonds. The zero-order valence-electron chi connectivity index (χ0n) is 10.4. The van der Waals surface area contributed by atoms with Crippen LogP contribution >= 0.6 is 11.8 Å². The molecule has 0 atom stereocenters. The summed E-state index contributed by atoms with van der Waals surface area (Å²) in [6.45, 7) is 0. The monoisotopic (exact) mass is 253 g/mol. The molecule has 18 heavy (non-hydrogen) atoms. The van der Waals surface area contributed by atoms with Crippen LogP contribution in [-0.4, -0.2) is 6.26 Å². The second kappa shape index (κ2) is 6.28. The van der Waals surface area contributed by atoms with Crippen LogP contribution in [0, 0.1) is 11.3 Å². The number of hydrogen-bond acceptors (Lipinski definition) is 2. The van der Waals surface area contributed by atoms with Gasteiger partial charge in [0.2, 0.25) is 0 Å². The molecule has 0 spiro atoms. The lowest BCUT2D eigenvalue weighted by molar-refractivity contribution is 1.11. The van der Waals surface area contributed by atoms with Crippen LogP contribution < -0.4 is 0 Å². The Bertz CT molecular complexity index is 552. The van der Waals surface area contributed by atoms with Crippen molar-refractivity contribution < 1.29 is 0 Å². The summed E-state index contributed by atoms with van der Waals surface area (Å²) in [5.74, 6) is 0. The maximum atomic E-state index is 8.83. The Labute approximate surface area is 112 Å². The van der Waals surface area contributed by atoms with Gasteiger partial charge in [-0.3, -0.25) is 0 Å². The summed E-state index contributed by atoms with van der Waals surface area (Å²) in [4.78, 5) is 1.28. The summed E-state index contributed by atoms with van der Waals surface area (Å²) >= 11 is 1.75. The molecule has 0 aliphatic carbocycles. The Morgan fingerprint density at radius 1 is 1.00 bits per heavy atom. The highest BCUT2D eigenvalue weighted by molar-refractivity contribution is 7.98. The molecule has 0 heterocycles. The first kappa shape index (κ1) is 12.7. The summed E-state index contributed by atoms with van der Waals surface area (Å²) in [5, 5.41) is 8.83. The van der Waals surface area contributed by atoms with Crippen molar-refractivity contribution in [3.8, 4) is 6.07 Å². The van der Waals surface area contributed by atoms with Crippen molar-refractivity contribution in [3.63, 3.8) is 0 Å². The molecule has 0 saturated carbocycles. The fraction of sp³-hybridized carbons (Fsp3) is 0.188. The predicted molar refractivity (Wildman–Crippen MR) is 76.8 cm³/mol. The molecule has 0 N–H and O–H groups in total. The Morgan fingerprint density at radius 3 is 2.28 bits per heavy atom. The number of nitrogens with zero attached hydrogens (tertiary/aromatic N) is 1. The van der Waals surface area contributed by atoms with Gasteiger partial charge in [0.05, 0.1) is 12.5 Å². The normalized spacial score (nSPS) is 10.0. The fourth-order valence-corrected chi connectivity index (χ4v) is 2.36. The van der Waals surface area contributed by atoms with Gasteiger partial charge in [0, 0.05) is 4.90 Å². The Kier molecular flexibility index (Phi) is 4.44. The molecule has 0 radical (unpaired) electrons. The van der Waals surface area contributed by atoms with Crippen molar-refractivity contribution in [1.82, 2.24) is 0 Å². The second-order valence-corrected chi connectivity index (χ2v) is 5.01. The Balaban J connectivity index is 2.20. The number of thioether (sulfide) groups is 1. The van der Waals surface area contributed by atoms with Crippen LogP contribution in [0.5, 0.6) is 0 Å². The lowest BCUT2D eigenvalue weighted by Crippen LogP contribution is -1.94. The van der Waals surface area contributed by atoms with E-state index in [4.69, 9.17) is 5.26 Å². The van der Waals surface area contributed by atoms with Crippen molar-refractivity contribution in [3.05, 3.63) is 65.2 Å². The first-order valence-electron chi connectivity index (χ1n) is 5.90. The van der Waals surface area contributed by atoms with E-state index in [1.807, 2.05) is 18.2 Å². The summed E-state index contributed by atoms with van der Waals surface area (Å²) in [6, 6.07) is 19.0. The first-order valence-corrected chi connectivity index (χ1v) is 7.12. The molecule has 2 rings (SSSR count). The van der Waals surface area contributed by atoms with Gasteiger partial charge in [0.25, 0.3) is 0 Å². The largest absolute Gasteiger partial charge is 0.198 e. The first-order chi connectivity index (χ1) is 8.83. The van der Waals surface area contributed by atoms with Crippen LogP contribution in [0.4, 0.5) is 0 Å². The number of hydrogen-bond donors (Lipinski definition) is 0. The topological polar surface area (TPSA) is 23.8 Å².